The standard InChI is InChI=1S/C19H19FN2O3S/c1-3-4-9-25-19(24)12(2)22-11-21-17-16(18(22)23)15(10-26-17)13-5-7-14(20)8-6-13/h5-8,10-12H,3-4,9H2,1-2H3. The second-order valence-electron chi connectivity index (χ2n) is 5.99. The molecule has 0 spiro atoms. The Morgan fingerprint density at radius 3 is 2.77 bits per heavy atom. The van der Waals surface area contributed by atoms with Crippen LogP contribution in [-0.4, -0.2) is 22.1 Å². The molecule has 2 aromatic heterocycles. The van der Waals surface area contributed by atoms with Gasteiger partial charge in [0.25, 0.3) is 5.56 Å². The van der Waals surface area contributed by atoms with Crippen LogP contribution in [0.3, 0.4) is 0 Å². The summed E-state index contributed by atoms with van der Waals surface area (Å²) in [4.78, 5) is 30.0. The first kappa shape index (κ1) is 18.3. The van der Waals surface area contributed by atoms with Gasteiger partial charge < -0.3 is 4.74 Å². The molecule has 0 radical (unpaired) electrons. The van der Waals surface area contributed by atoms with Crippen molar-refractivity contribution in [2.24, 2.45) is 0 Å². The molecule has 0 bridgehead atoms. The number of carbonyl (C=O) groups is 1. The summed E-state index contributed by atoms with van der Waals surface area (Å²) < 4.78 is 19.7. The molecule has 2 heterocycles. The molecule has 0 amide bonds. The fraction of sp³-hybridized carbons (Fsp3) is 0.316. The maximum atomic E-state index is 13.2. The first-order valence-corrected chi connectivity index (χ1v) is 9.31. The van der Waals surface area contributed by atoms with Crippen molar-refractivity contribution < 1.29 is 13.9 Å². The van der Waals surface area contributed by atoms with Gasteiger partial charge in [0.05, 0.1) is 18.3 Å². The number of halogens is 1. The van der Waals surface area contributed by atoms with Gasteiger partial charge in [0.1, 0.15) is 16.7 Å². The van der Waals surface area contributed by atoms with Crippen LogP contribution in [0.4, 0.5) is 4.39 Å². The molecular formula is C19H19FN2O3S. The maximum Gasteiger partial charge on any atom is 0.328 e. The van der Waals surface area contributed by atoms with Gasteiger partial charge in [-0.25, -0.2) is 14.2 Å². The van der Waals surface area contributed by atoms with Gasteiger partial charge in [-0.05, 0) is 31.0 Å². The summed E-state index contributed by atoms with van der Waals surface area (Å²) in [6.45, 7) is 3.96. The van der Waals surface area contributed by atoms with E-state index < -0.39 is 12.0 Å². The molecule has 0 N–H and O–H groups in total. The Morgan fingerprint density at radius 1 is 1.35 bits per heavy atom. The zero-order valence-corrected chi connectivity index (χ0v) is 15.4. The third kappa shape index (κ3) is 3.53. The number of thiophene rings is 1. The van der Waals surface area contributed by atoms with Crippen LogP contribution < -0.4 is 5.56 Å². The minimum Gasteiger partial charge on any atom is -0.464 e. The average Bonchev–Trinajstić information content (AvgIpc) is 3.07. The highest BCUT2D eigenvalue weighted by Crippen LogP contribution is 2.30. The third-order valence-electron chi connectivity index (χ3n) is 4.18. The van der Waals surface area contributed by atoms with E-state index in [1.54, 1.807) is 19.1 Å². The Balaban J connectivity index is 2.00. The van der Waals surface area contributed by atoms with Gasteiger partial charge in [0.15, 0.2) is 0 Å². The minimum absolute atomic E-state index is 0.310. The van der Waals surface area contributed by atoms with Crippen LogP contribution >= 0.6 is 11.3 Å². The molecule has 26 heavy (non-hydrogen) atoms. The Labute approximate surface area is 154 Å². The number of hydrogen-bond acceptors (Lipinski definition) is 5. The molecule has 0 aliphatic heterocycles. The number of nitrogens with zero attached hydrogens (tertiary/aromatic N) is 2. The number of carbonyl (C=O) groups excluding carboxylic acids is 1. The Hall–Kier alpha value is -2.54. The van der Waals surface area contributed by atoms with Crippen LogP contribution in [0.25, 0.3) is 21.3 Å². The highest BCUT2D eigenvalue weighted by atomic mass is 32.1. The van der Waals surface area contributed by atoms with Crippen LogP contribution in [-0.2, 0) is 9.53 Å². The summed E-state index contributed by atoms with van der Waals surface area (Å²) in [5, 5.41) is 2.25. The van der Waals surface area contributed by atoms with E-state index in [1.165, 1.54) is 34.4 Å². The summed E-state index contributed by atoms with van der Waals surface area (Å²) in [6.07, 6.45) is 3.08. The molecule has 0 saturated carbocycles. The number of aromatic nitrogens is 2. The lowest BCUT2D eigenvalue weighted by molar-refractivity contribution is -0.147. The van der Waals surface area contributed by atoms with E-state index in [9.17, 15) is 14.0 Å². The number of benzene rings is 1. The number of rotatable bonds is 6. The van der Waals surface area contributed by atoms with Crippen LogP contribution in [0.1, 0.15) is 32.7 Å². The summed E-state index contributed by atoms with van der Waals surface area (Å²) in [5.74, 6) is -0.799. The van der Waals surface area contributed by atoms with E-state index in [1.807, 2.05) is 12.3 Å². The molecule has 0 aliphatic carbocycles. The molecule has 1 unspecified atom stereocenters. The molecule has 1 atom stereocenters. The van der Waals surface area contributed by atoms with Crippen molar-refractivity contribution in [2.45, 2.75) is 32.7 Å². The van der Waals surface area contributed by atoms with Crippen molar-refractivity contribution in [2.75, 3.05) is 6.61 Å². The highest BCUT2D eigenvalue weighted by molar-refractivity contribution is 7.17. The predicted octanol–water partition coefficient (Wildman–Crippen LogP) is 4.17. The van der Waals surface area contributed by atoms with Crippen molar-refractivity contribution >= 4 is 27.5 Å². The SMILES string of the molecule is CCCCOC(=O)C(C)n1cnc2scc(-c3ccc(F)cc3)c2c1=O. The van der Waals surface area contributed by atoms with E-state index in [2.05, 4.69) is 4.98 Å². The highest BCUT2D eigenvalue weighted by Gasteiger charge is 2.21. The average molecular weight is 374 g/mol. The van der Waals surface area contributed by atoms with Gasteiger partial charge in [-0.1, -0.05) is 25.5 Å². The molecule has 1 aromatic carbocycles. The molecule has 0 fully saturated rings. The van der Waals surface area contributed by atoms with E-state index in [4.69, 9.17) is 4.74 Å². The van der Waals surface area contributed by atoms with Gasteiger partial charge in [0.2, 0.25) is 0 Å². The van der Waals surface area contributed by atoms with Gasteiger partial charge in [0, 0.05) is 10.9 Å². The second-order valence-corrected chi connectivity index (χ2v) is 6.85. The molecule has 5 nitrogen and oxygen atoms in total. The topological polar surface area (TPSA) is 61.2 Å². The van der Waals surface area contributed by atoms with Gasteiger partial charge in [-0.15, -0.1) is 11.3 Å². The molecule has 3 aromatic rings. The van der Waals surface area contributed by atoms with Crippen molar-refractivity contribution in [3.63, 3.8) is 0 Å². The lowest BCUT2D eigenvalue weighted by atomic mass is 10.1. The van der Waals surface area contributed by atoms with Crippen molar-refractivity contribution in [3.05, 3.63) is 52.1 Å². The van der Waals surface area contributed by atoms with Gasteiger partial charge >= 0.3 is 5.97 Å². The Bertz CT molecular complexity index is 979. The maximum absolute atomic E-state index is 13.2. The van der Waals surface area contributed by atoms with Crippen LogP contribution in [0, 0.1) is 5.82 Å². The van der Waals surface area contributed by atoms with E-state index in [0.29, 0.717) is 22.4 Å². The Morgan fingerprint density at radius 2 is 2.08 bits per heavy atom. The number of hydrogen-bond donors (Lipinski definition) is 0. The van der Waals surface area contributed by atoms with Gasteiger partial charge in [-0.2, -0.15) is 0 Å². The number of fused-ring (bicyclic) bond motifs is 1. The number of unbranched alkanes of at least 4 members (excludes halogenated alkanes) is 1. The quantitative estimate of drug-likeness (QED) is 0.480. The minimum atomic E-state index is -0.766. The smallest absolute Gasteiger partial charge is 0.328 e. The summed E-state index contributed by atoms with van der Waals surface area (Å²) in [6, 6.07) is 5.17. The van der Waals surface area contributed by atoms with Crippen molar-refractivity contribution in [3.8, 4) is 11.1 Å². The van der Waals surface area contributed by atoms with E-state index >= 15 is 0 Å². The summed E-state index contributed by atoms with van der Waals surface area (Å²) in [7, 11) is 0. The Kier molecular flexibility index (Phi) is 5.46. The zero-order valence-electron chi connectivity index (χ0n) is 14.6. The first-order chi connectivity index (χ1) is 12.5. The molecule has 136 valence electrons. The van der Waals surface area contributed by atoms with Crippen molar-refractivity contribution in [1.82, 2.24) is 9.55 Å². The lowest BCUT2D eigenvalue weighted by Gasteiger charge is -2.14. The van der Waals surface area contributed by atoms with Gasteiger partial charge in [-0.3, -0.25) is 9.36 Å². The van der Waals surface area contributed by atoms with Crippen LogP contribution in [0.15, 0.2) is 40.8 Å². The van der Waals surface area contributed by atoms with Crippen LogP contribution in [0.2, 0.25) is 0 Å². The second kappa shape index (κ2) is 7.78. The lowest BCUT2D eigenvalue weighted by Crippen LogP contribution is -2.29. The number of esters is 1. The molecule has 3 rings (SSSR count). The first-order valence-electron chi connectivity index (χ1n) is 8.43. The zero-order chi connectivity index (χ0) is 18.7. The normalized spacial score (nSPS) is 12.3. The fourth-order valence-electron chi connectivity index (χ4n) is 2.61. The molecular weight excluding hydrogens is 355 g/mol. The summed E-state index contributed by atoms with van der Waals surface area (Å²) in [5.41, 5.74) is 1.10. The van der Waals surface area contributed by atoms with E-state index in [-0.39, 0.29) is 11.4 Å². The number of ether oxygens (including phenoxy) is 1. The third-order valence-corrected chi connectivity index (χ3v) is 5.06. The molecule has 7 heteroatoms. The summed E-state index contributed by atoms with van der Waals surface area (Å²) >= 11 is 1.34. The predicted molar refractivity (Wildman–Crippen MR) is 99.9 cm³/mol. The molecule has 0 aliphatic rings. The monoisotopic (exact) mass is 374 g/mol. The molecule has 0 saturated heterocycles. The largest absolute Gasteiger partial charge is 0.464 e. The van der Waals surface area contributed by atoms with Crippen LogP contribution in [0.5, 0.6) is 0 Å². The van der Waals surface area contributed by atoms with E-state index in [0.717, 1.165) is 18.4 Å². The van der Waals surface area contributed by atoms with Crippen molar-refractivity contribution in [1.29, 1.82) is 0 Å². The fourth-order valence-corrected chi connectivity index (χ4v) is 3.52.